The zero-order valence-electron chi connectivity index (χ0n) is 21.1. The van der Waals surface area contributed by atoms with Crippen molar-refractivity contribution in [1.82, 2.24) is 20.0 Å². The van der Waals surface area contributed by atoms with Crippen LogP contribution in [0, 0.1) is 11.2 Å². The average molecular weight is 488 g/mol. The van der Waals surface area contributed by atoms with Crippen LogP contribution < -0.4 is 10.2 Å². The third-order valence-electron chi connectivity index (χ3n) is 8.11. The molecule has 3 fully saturated rings. The van der Waals surface area contributed by atoms with Gasteiger partial charge in [-0.2, -0.15) is 0 Å². The Morgan fingerprint density at radius 1 is 1.09 bits per heavy atom. The highest BCUT2D eigenvalue weighted by atomic mass is 19.1. The lowest BCUT2D eigenvalue weighted by Crippen LogP contribution is -2.51. The zero-order valence-corrected chi connectivity index (χ0v) is 21.1. The van der Waals surface area contributed by atoms with Gasteiger partial charge >= 0.3 is 0 Å². The van der Waals surface area contributed by atoms with Gasteiger partial charge in [0.25, 0.3) is 0 Å². The molecular formula is C26H38FN5O3. The fraction of sp³-hybridized carbons (Fsp3) is 0.654. The Morgan fingerprint density at radius 2 is 1.71 bits per heavy atom. The van der Waals surface area contributed by atoms with E-state index >= 15 is 0 Å². The number of halogens is 1. The number of rotatable bonds is 6. The monoisotopic (exact) mass is 487 g/mol. The molecular weight excluding hydrogens is 449 g/mol. The lowest BCUT2D eigenvalue weighted by atomic mass is 9.75. The Kier molecular flexibility index (Phi) is 7.64. The SMILES string of the molecule is CC(=O)NC(C)C(=O)N1CCC2(CC1)CC(CCN1CCN(c3ccc(F)cc3)CC1)N(C)C2=O. The second kappa shape index (κ2) is 10.5. The summed E-state index contributed by atoms with van der Waals surface area (Å²) in [6.45, 7) is 8.92. The molecule has 2 unspecified atom stereocenters. The van der Waals surface area contributed by atoms with Crippen LogP contribution in [0.1, 0.15) is 39.5 Å². The summed E-state index contributed by atoms with van der Waals surface area (Å²) in [7, 11) is 1.92. The van der Waals surface area contributed by atoms with E-state index in [1.54, 1.807) is 11.8 Å². The molecule has 192 valence electrons. The van der Waals surface area contributed by atoms with E-state index in [1.807, 2.05) is 24.1 Å². The van der Waals surface area contributed by atoms with Crippen LogP contribution in [0.25, 0.3) is 0 Å². The fourth-order valence-corrected chi connectivity index (χ4v) is 5.94. The van der Waals surface area contributed by atoms with Gasteiger partial charge in [-0.05, 0) is 56.9 Å². The van der Waals surface area contributed by atoms with Crippen LogP contribution in [0.2, 0.25) is 0 Å². The first-order valence-corrected chi connectivity index (χ1v) is 12.7. The van der Waals surface area contributed by atoms with E-state index in [1.165, 1.54) is 19.1 Å². The molecule has 3 heterocycles. The topological polar surface area (TPSA) is 76.2 Å². The van der Waals surface area contributed by atoms with Crippen LogP contribution in [0.15, 0.2) is 24.3 Å². The van der Waals surface area contributed by atoms with Crippen molar-refractivity contribution in [3.05, 3.63) is 30.1 Å². The number of nitrogens with one attached hydrogen (secondary N) is 1. The highest BCUT2D eigenvalue weighted by Crippen LogP contribution is 2.44. The molecule has 1 N–H and O–H groups in total. The number of hydrogen-bond donors (Lipinski definition) is 1. The summed E-state index contributed by atoms with van der Waals surface area (Å²) in [5.41, 5.74) is 0.694. The van der Waals surface area contributed by atoms with E-state index in [4.69, 9.17) is 0 Å². The van der Waals surface area contributed by atoms with Gasteiger partial charge in [0, 0.05) is 71.5 Å². The first-order chi connectivity index (χ1) is 16.7. The Bertz CT molecular complexity index is 923. The summed E-state index contributed by atoms with van der Waals surface area (Å²) < 4.78 is 13.2. The molecule has 0 aromatic heterocycles. The minimum atomic E-state index is -0.542. The van der Waals surface area contributed by atoms with Gasteiger partial charge < -0.3 is 20.0 Å². The number of hydrogen-bond acceptors (Lipinski definition) is 5. The first kappa shape index (κ1) is 25.4. The molecule has 0 radical (unpaired) electrons. The molecule has 3 saturated heterocycles. The van der Waals surface area contributed by atoms with Gasteiger partial charge in [-0.15, -0.1) is 0 Å². The molecule has 1 spiro atoms. The van der Waals surface area contributed by atoms with Gasteiger partial charge in [-0.25, -0.2) is 4.39 Å². The predicted octanol–water partition coefficient (Wildman–Crippen LogP) is 1.70. The summed E-state index contributed by atoms with van der Waals surface area (Å²) in [4.78, 5) is 45.6. The van der Waals surface area contributed by atoms with Crippen molar-refractivity contribution >= 4 is 23.4 Å². The van der Waals surface area contributed by atoms with E-state index in [-0.39, 0.29) is 35.0 Å². The van der Waals surface area contributed by atoms with E-state index < -0.39 is 6.04 Å². The fourth-order valence-electron chi connectivity index (χ4n) is 5.94. The normalized spacial score (nSPS) is 23.6. The van der Waals surface area contributed by atoms with E-state index in [9.17, 15) is 18.8 Å². The quantitative estimate of drug-likeness (QED) is 0.661. The van der Waals surface area contributed by atoms with Crippen LogP contribution >= 0.6 is 0 Å². The Hall–Kier alpha value is -2.68. The highest BCUT2D eigenvalue weighted by Gasteiger charge is 2.51. The number of benzene rings is 1. The third kappa shape index (κ3) is 5.60. The molecule has 8 nitrogen and oxygen atoms in total. The minimum Gasteiger partial charge on any atom is -0.369 e. The van der Waals surface area contributed by atoms with Crippen molar-refractivity contribution in [3.8, 4) is 0 Å². The summed E-state index contributed by atoms with van der Waals surface area (Å²) in [5, 5.41) is 2.66. The average Bonchev–Trinajstić information content (AvgIpc) is 3.08. The van der Waals surface area contributed by atoms with Crippen LogP contribution in [0.3, 0.4) is 0 Å². The van der Waals surface area contributed by atoms with Crippen molar-refractivity contribution < 1.29 is 18.8 Å². The zero-order chi connectivity index (χ0) is 25.2. The van der Waals surface area contributed by atoms with Gasteiger partial charge in [0.15, 0.2) is 0 Å². The summed E-state index contributed by atoms with van der Waals surface area (Å²) in [5.74, 6) is -0.292. The van der Waals surface area contributed by atoms with Gasteiger partial charge in [0.2, 0.25) is 17.7 Å². The van der Waals surface area contributed by atoms with Gasteiger partial charge in [0.1, 0.15) is 11.9 Å². The second-order valence-electron chi connectivity index (χ2n) is 10.4. The Balaban J connectivity index is 1.24. The maximum Gasteiger partial charge on any atom is 0.244 e. The molecule has 35 heavy (non-hydrogen) atoms. The lowest BCUT2D eigenvalue weighted by Gasteiger charge is -2.38. The van der Waals surface area contributed by atoms with Crippen LogP contribution in [0.4, 0.5) is 10.1 Å². The summed E-state index contributed by atoms with van der Waals surface area (Å²) >= 11 is 0. The minimum absolute atomic E-state index is 0.0785. The Labute approximate surface area is 207 Å². The number of likely N-dealkylation sites (tertiary alicyclic amines) is 2. The molecule has 2 atom stereocenters. The van der Waals surface area contributed by atoms with E-state index in [2.05, 4.69) is 15.1 Å². The predicted molar refractivity (Wildman–Crippen MR) is 132 cm³/mol. The Morgan fingerprint density at radius 3 is 2.31 bits per heavy atom. The molecule has 3 aliphatic heterocycles. The van der Waals surface area contributed by atoms with Crippen LogP contribution in [0.5, 0.6) is 0 Å². The number of piperidine rings is 1. The lowest BCUT2D eigenvalue weighted by molar-refractivity contribution is -0.143. The number of piperazine rings is 1. The van der Waals surface area contributed by atoms with Crippen molar-refractivity contribution in [2.24, 2.45) is 5.41 Å². The number of nitrogens with zero attached hydrogens (tertiary/aromatic N) is 4. The first-order valence-electron chi connectivity index (χ1n) is 12.7. The molecule has 0 bridgehead atoms. The van der Waals surface area contributed by atoms with E-state index in [0.29, 0.717) is 25.9 Å². The largest absolute Gasteiger partial charge is 0.369 e. The maximum absolute atomic E-state index is 13.2. The number of anilines is 1. The third-order valence-corrected chi connectivity index (χ3v) is 8.11. The standard InChI is InChI=1S/C26H38FN5O3/c1-19(28-20(2)33)24(34)32-12-9-26(10-13-32)18-23(29(3)25(26)35)8-11-30-14-16-31(17-15-30)22-6-4-21(27)5-7-22/h4-7,19,23H,8-18H2,1-3H3,(H,28,33). The van der Waals surface area contributed by atoms with Gasteiger partial charge in [0.05, 0.1) is 5.41 Å². The van der Waals surface area contributed by atoms with E-state index in [0.717, 1.165) is 51.3 Å². The summed E-state index contributed by atoms with van der Waals surface area (Å²) in [6.07, 6.45) is 3.16. The number of carbonyl (C=O) groups is 3. The molecule has 0 aliphatic carbocycles. The smallest absolute Gasteiger partial charge is 0.244 e. The van der Waals surface area contributed by atoms with Gasteiger partial charge in [-0.1, -0.05) is 0 Å². The molecule has 4 rings (SSSR count). The van der Waals surface area contributed by atoms with Crippen molar-refractivity contribution in [2.45, 2.75) is 51.6 Å². The van der Waals surface area contributed by atoms with Crippen molar-refractivity contribution in [1.29, 1.82) is 0 Å². The molecule has 1 aromatic carbocycles. The maximum atomic E-state index is 13.2. The van der Waals surface area contributed by atoms with Crippen molar-refractivity contribution in [2.75, 3.05) is 57.8 Å². The van der Waals surface area contributed by atoms with Crippen LogP contribution in [-0.2, 0) is 14.4 Å². The van der Waals surface area contributed by atoms with Crippen LogP contribution in [-0.4, -0.2) is 97.4 Å². The number of amides is 3. The molecule has 3 aliphatic rings. The molecule has 9 heteroatoms. The second-order valence-corrected chi connectivity index (χ2v) is 10.4. The van der Waals surface area contributed by atoms with Crippen molar-refractivity contribution in [3.63, 3.8) is 0 Å². The molecule has 3 amide bonds. The molecule has 1 aromatic rings. The van der Waals surface area contributed by atoms with Gasteiger partial charge in [-0.3, -0.25) is 19.3 Å². The molecule has 0 saturated carbocycles. The summed E-state index contributed by atoms with van der Waals surface area (Å²) in [6, 6.07) is 6.37. The highest BCUT2D eigenvalue weighted by molar-refractivity contribution is 5.88. The number of carbonyl (C=O) groups excluding carboxylic acids is 3.